The summed E-state index contributed by atoms with van der Waals surface area (Å²) >= 11 is 0. The first-order valence-electron chi connectivity index (χ1n) is 6.65. The summed E-state index contributed by atoms with van der Waals surface area (Å²) in [6.45, 7) is 7.85. The molecule has 0 aromatic carbocycles. The van der Waals surface area contributed by atoms with Crippen molar-refractivity contribution in [2.24, 2.45) is 5.92 Å². The Morgan fingerprint density at radius 2 is 2.35 bits per heavy atom. The van der Waals surface area contributed by atoms with Gasteiger partial charge in [-0.2, -0.15) is 0 Å². The summed E-state index contributed by atoms with van der Waals surface area (Å²) < 4.78 is 0. The third kappa shape index (κ3) is 3.70. The Morgan fingerprint density at radius 1 is 1.47 bits per heavy atom. The van der Waals surface area contributed by atoms with Gasteiger partial charge in [0.1, 0.15) is 5.82 Å². The molecule has 94 valence electrons. The molecule has 1 fully saturated rings. The fourth-order valence-electron chi connectivity index (χ4n) is 2.42. The molecule has 0 amide bonds. The van der Waals surface area contributed by atoms with E-state index in [0.717, 1.165) is 18.9 Å². The molecular weight excluding hydrogens is 210 g/mol. The molecule has 17 heavy (non-hydrogen) atoms. The van der Waals surface area contributed by atoms with Crippen LogP contribution in [0.1, 0.15) is 26.7 Å². The van der Waals surface area contributed by atoms with Crippen molar-refractivity contribution in [2.45, 2.75) is 32.7 Å². The maximum absolute atomic E-state index is 4.47. The molecule has 2 rings (SSSR count). The van der Waals surface area contributed by atoms with Crippen LogP contribution < -0.4 is 10.2 Å². The van der Waals surface area contributed by atoms with Crippen LogP contribution in [0.4, 0.5) is 5.82 Å². The maximum Gasteiger partial charge on any atom is 0.128 e. The molecule has 1 aromatic rings. The number of nitrogens with one attached hydrogen (secondary N) is 1. The van der Waals surface area contributed by atoms with Crippen LogP contribution >= 0.6 is 0 Å². The average Bonchev–Trinajstić information content (AvgIpc) is 2.82. The van der Waals surface area contributed by atoms with E-state index in [1.807, 2.05) is 12.3 Å². The lowest BCUT2D eigenvalue weighted by Crippen LogP contribution is -2.39. The van der Waals surface area contributed by atoms with Crippen molar-refractivity contribution in [3.05, 3.63) is 24.4 Å². The zero-order valence-electron chi connectivity index (χ0n) is 10.9. The minimum Gasteiger partial charge on any atom is -0.355 e. The average molecular weight is 233 g/mol. The minimum atomic E-state index is 0.635. The van der Waals surface area contributed by atoms with Crippen LogP contribution in [0, 0.1) is 5.92 Å². The number of anilines is 1. The van der Waals surface area contributed by atoms with Crippen LogP contribution in [-0.4, -0.2) is 30.7 Å². The Labute approximate surface area is 104 Å². The highest BCUT2D eigenvalue weighted by atomic mass is 15.2. The Bertz CT molecular complexity index is 317. The molecule has 0 bridgehead atoms. The van der Waals surface area contributed by atoms with E-state index in [2.05, 4.69) is 41.2 Å². The maximum atomic E-state index is 4.47. The highest BCUT2D eigenvalue weighted by Crippen LogP contribution is 2.15. The topological polar surface area (TPSA) is 28.2 Å². The van der Waals surface area contributed by atoms with E-state index in [4.69, 9.17) is 0 Å². The van der Waals surface area contributed by atoms with Gasteiger partial charge in [0, 0.05) is 25.3 Å². The summed E-state index contributed by atoms with van der Waals surface area (Å²) in [5.74, 6) is 1.77. The van der Waals surface area contributed by atoms with Crippen LogP contribution in [0.2, 0.25) is 0 Å². The second-order valence-electron chi connectivity index (χ2n) is 5.28. The van der Waals surface area contributed by atoms with Gasteiger partial charge in [-0.1, -0.05) is 19.9 Å². The summed E-state index contributed by atoms with van der Waals surface area (Å²) in [7, 11) is 0. The van der Waals surface area contributed by atoms with E-state index in [1.54, 1.807) is 0 Å². The van der Waals surface area contributed by atoms with Crippen molar-refractivity contribution in [3.8, 4) is 0 Å². The zero-order chi connectivity index (χ0) is 12.1. The largest absolute Gasteiger partial charge is 0.355 e. The van der Waals surface area contributed by atoms with Gasteiger partial charge in [-0.05, 0) is 37.4 Å². The molecule has 1 saturated heterocycles. The van der Waals surface area contributed by atoms with E-state index in [1.165, 1.54) is 19.4 Å². The number of hydrogen-bond acceptors (Lipinski definition) is 3. The fourth-order valence-corrected chi connectivity index (χ4v) is 2.42. The second-order valence-corrected chi connectivity index (χ2v) is 5.28. The van der Waals surface area contributed by atoms with Crippen LogP contribution in [0.3, 0.4) is 0 Å². The third-order valence-corrected chi connectivity index (χ3v) is 3.16. The summed E-state index contributed by atoms with van der Waals surface area (Å²) in [6, 6.07) is 6.79. The van der Waals surface area contributed by atoms with E-state index in [-0.39, 0.29) is 0 Å². The quantitative estimate of drug-likeness (QED) is 0.846. The normalized spacial score (nSPS) is 19.8. The monoisotopic (exact) mass is 233 g/mol. The van der Waals surface area contributed by atoms with Gasteiger partial charge in [-0.15, -0.1) is 0 Å². The van der Waals surface area contributed by atoms with Crippen molar-refractivity contribution in [3.63, 3.8) is 0 Å². The van der Waals surface area contributed by atoms with E-state index >= 15 is 0 Å². The fraction of sp³-hybridized carbons (Fsp3) is 0.643. The van der Waals surface area contributed by atoms with Gasteiger partial charge in [0.25, 0.3) is 0 Å². The molecule has 1 atom stereocenters. The van der Waals surface area contributed by atoms with Crippen LogP contribution in [-0.2, 0) is 0 Å². The van der Waals surface area contributed by atoms with Gasteiger partial charge in [0.15, 0.2) is 0 Å². The molecular formula is C14H23N3. The van der Waals surface area contributed by atoms with Crippen LogP contribution in [0.25, 0.3) is 0 Å². The van der Waals surface area contributed by atoms with Gasteiger partial charge in [-0.3, -0.25) is 0 Å². The van der Waals surface area contributed by atoms with Crippen molar-refractivity contribution in [1.29, 1.82) is 0 Å². The standard InChI is InChI=1S/C14H23N3/c1-12(2)10-17(11-13-6-5-9-15-13)14-7-3-4-8-16-14/h3-4,7-8,12-13,15H,5-6,9-11H2,1-2H3. The minimum absolute atomic E-state index is 0.635. The zero-order valence-corrected chi connectivity index (χ0v) is 10.9. The van der Waals surface area contributed by atoms with Gasteiger partial charge >= 0.3 is 0 Å². The molecule has 1 aliphatic rings. The Morgan fingerprint density at radius 3 is 2.94 bits per heavy atom. The lowest BCUT2D eigenvalue weighted by Gasteiger charge is -2.28. The SMILES string of the molecule is CC(C)CN(CC1CCCN1)c1ccccn1. The molecule has 0 spiro atoms. The molecule has 1 N–H and O–H groups in total. The second kappa shape index (κ2) is 6.01. The predicted octanol–water partition coefficient (Wildman–Crippen LogP) is 2.30. The van der Waals surface area contributed by atoms with Crippen molar-refractivity contribution in [1.82, 2.24) is 10.3 Å². The lowest BCUT2D eigenvalue weighted by molar-refractivity contribution is 0.537. The van der Waals surface area contributed by atoms with E-state index in [0.29, 0.717) is 12.0 Å². The van der Waals surface area contributed by atoms with Gasteiger partial charge in [0.2, 0.25) is 0 Å². The van der Waals surface area contributed by atoms with Gasteiger partial charge in [0.05, 0.1) is 0 Å². The summed E-state index contributed by atoms with van der Waals surface area (Å²) in [4.78, 5) is 6.88. The van der Waals surface area contributed by atoms with E-state index in [9.17, 15) is 0 Å². The van der Waals surface area contributed by atoms with Crippen molar-refractivity contribution < 1.29 is 0 Å². The van der Waals surface area contributed by atoms with Crippen molar-refractivity contribution >= 4 is 5.82 Å². The molecule has 3 nitrogen and oxygen atoms in total. The molecule has 1 unspecified atom stereocenters. The van der Waals surface area contributed by atoms with E-state index < -0.39 is 0 Å². The molecule has 3 heteroatoms. The lowest BCUT2D eigenvalue weighted by atomic mass is 10.1. The summed E-state index contributed by atoms with van der Waals surface area (Å²) in [5, 5.41) is 3.56. The smallest absolute Gasteiger partial charge is 0.128 e. The first kappa shape index (κ1) is 12.4. The first-order valence-corrected chi connectivity index (χ1v) is 6.65. The number of nitrogens with zero attached hydrogens (tertiary/aromatic N) is 2. The highest BCUT2D eigenvalue weighted by Gasteiger charge is 2.19. The molecule has 0 aliphatic carbocycles. The van der Waals surface area contributed by atoms with Crippen LogP contribution in [0.15, 0.2) is 24.4 Å². The van der Waals surface area contributed by atoms with Crippen LogP contribution in [0.5, 0.6) is 0 Å². The predicted molar refractivity (Wildman–Crippen MR) is 72.3 cm³/mol. The molecule has 0 radical (unpaired) electrons. The molecule has 1 aliphatic heterocycles. The van der Waals surface area contributed by atoms with Gasteiger partial charge in [-0.25, -0.2) is 4.98 Å². The Balaban J connectivity index is 2.02. The molecule has 0 saturated carbocycles. The summed E-state index contributed by atoms with van der Waals surface area (Å²) in [6.07, 6.45) is 4.48. The third-order valence-electron chi connectivity index (χ3n) is 3.16. The molecule has 2 heterocycles. The van der Waals surface area contributed by atoms with Gasteiger partial charge < -0.3 is 10.2 Å². The number of rotatable bonds is 5. The number of aromatic nitrogens is 1. The Kier molecular flexibility index (Phi) is 4.37. The number of pyridine rings is 1. The molecule has 1 aromatic heterocycles. The highest BCUT2D eigenvalue weighted by molar-refractivity contribution is 5.38. The number of hydrogen-bond donors (Lipinski definition) is 1. The Hall–Kier alpha value is -1.09. The first-order chi connectivity index (χ1) is 8.25. The summed E-state index contributed by atoms with van der Waals surface area (Å²) in [5.41, 5.74) is 0. The van der Waals surface area contributed by atoms with Crippen molar-refractivity contribution in [2.75, 3.05) is 24.5 Å².